The summed E-state index contributed by atoms with van der Waals surface area (Å²) in [6.45, 7) is 4.49. The Labute approximate surface area is 161 Å². The Hall–Kier alpha value is -2.12. The smallest absolute Gasteiger partial charge is 0.0308 e. The van der Waals surface area contributed by atoms with E-state index < -0.39 is 0 Å². The summed E-state index contributed by atoms with van der Waals surface area (Å²) in [5, 5.41) is 0. The molecule has 1 aromatic heterocycles. The van der Waals surface area contributed by atoms with E-state index in [1.54, 1.807) is 0 Å². The Morgan fingerprint density at radius 3 is 2.42 bits per heavy atom. The average Bonchev–Trinajstić information content (AvgIpc) is 3.29. The summed E-state index contributed by atoms with van der Waals surface area (Å²) in [6.07, 6.45) is 8.26. The van der Waals surface area contributed by atoms with Crippen molar-refractivity contribution in [3.05, 3.63) is 81.0 Å². The van der Waals surface area contributed by atoms with Gasteiger partial charge < -0.3 is 0 Å². The number of fused-ring (bicyclic) bond motifs is 1. The molecule has 0 saturated carbocycles. The third-order valence-electron chi connectivity index (χ3n) is 5.17. The lowest BCUT2D eigenvalue weighted by Gasteiger charge is -2.08. The molecule has 0 atom stereocenters. The topological polar surface area (TPSA) is 0 Å². The molecule has 132 valence electrons. The van der Waals surface area contributed by atoms with Crippen LogP contribution in [0.1, 0.15) is 53.1 Å². The summed E-state index contributed by atoms with van der Waals surface area (Å²) in [4.78, 5) is 2.94. The van der Waals surface area contributed by atoms with Gasteiger partial charge in [0.1, 0.15) is 0 Å². The molecule has 0 radical (unpaired) electrons. The minimum Gasteiger partial charge on any atom is -0.141 e. The zero-order chi connectivity index (χ0) is 17.9. The Morgan fingerprint density at radius 2 is 1.65 bits per heavy atom. The zero-order valence-electron chi connectivity index (χ0n) is 15.7. The van der Waals surface area contributed by atoms with Crippen LogP contribution in [0.15, 0.2) is 54.6 Å². The number of thiophene rings is 1. The van der Waals surface area contributed by atoms with Gasteiger partial charge in [0, 0.05) is 9.75 Å². The standard InChI is InChI=1S/C25H26S/c1-3-6-18-10-12-19(13-11-18)23-9-5-8-20-16-21(17-24(20)23)25-15-14-22(26-25)7-4-2/h5,8-15,17H,3-4,6-7,16H2,1-2H3. The van der Waals surface area contributed by atoms with Crippen LogP contribution in [0, 0.1) is 0 Å². The first kappa shape index (κ1) is 17.3. The highest BCUT2D eigenvalue weighted by atomic mass is 32.1. The van der Waals surface area contributed by atoms with E-state index in [1.165, 1.54) is 62.4 Å². The molecule has 0 fully saturated rings. The van der Waals surface area contributed by atoms with E-state index in [0.717, 1.165) is 12.8 Å². The molecule has 1 heteroatoms. The van der Waals surface area contributed by atoms with Crippen LogP contribution in [0.5, 0.6) is 0 Å². The molecule has 3 aromatic rings. The lowest BCUT2D eigenvalue weighted by atomic mass is 9.96. The van der Waals surface area contributed by atoms with Crippen molar-refractivity contribution in [1.82, 2.24) is 0 Å². The van der Waals surface area contributed by atoms with Crippen LogP contribution in [0.3, 0.4) is 0 Å². The monoisotopic (exact) mass is 358 g/mol. The highest BCUT2D eigenvalue weighted by Crippen LogP contribution is 2.39. The first-order valence-corrected chi connectivity index (χ1v) is 10.6. The van der Waals surface area contributed by atoms with Crippen molar-refractivity contribution in [2.75, 3.05) is 0 Å². The predicted octanol–water partition coefficient (Wildman–Crippen LogP) is 7.42. The normalized spacial score (nSPS) is 12.9. The van der Waals surface area contributed by atoms with Gasteiger partial charge in [-0.25, -0.2) is 0 Å². The molecule has 0 unspecified atom stereocenters. The molecule has 0 bridgehead atoms. The van der Waals surface area contributed by atoms with E-state index in [4.69, 9.17) is 0 Å². The molecule has 1 aliphatic carbocycles. The highest BCUT2D eigenvalue weighted by Gasteiger charge is 2.18. The van der Waals surface area contributed by atoms with Crippen LogP contribution in [0.25, 0.3) is 22.8 Å². The molecule has 2 aromatic carbocycles. The van der Waals surface area contributed by atoms with Crippen LogP contribution in [0.4, 0.5) is 0 Å². The summed E-state index contributed by atoms with van der Waals surface area (Å²) in [6, 6.07) is 20.5. The highest BCUT2D eigenvalue weighted by molar-refractivity contribution is 7.13. The van der Waals surface area contributed by atoms with Gasteiger partial charge >= 0.3 is 0 Å². The SMILES string of the molecule is CCCc1ccc(-c2cccc3c2C=C(c2ccc(CCC)s2)C3)cc1. The Bertz CT molecular complexity index is 925. The molecule has 0 saturated heterocycles. The van der Waals surface area contributed by atoms with Gasteiger partial charge in [-0.2, -0.15) is 0 Å². The second-order valence-electron chi connectivity index (χ2n) is 7.19. The predicted molar refractivity (Wildman–Crippen MR) is 116 cm³/mol. The van der Waals surface area contributed by atoms with Gasteiger partial charge in [0.25, 0.3) is 0 Å². The minimum absolute atomic E-state index is 1.06. The van der Waals surface area contributed by atoms with Crippen molar-refractivity contribution in [2.24, 2.45) is 0 Å². The fourth-order valence-electron chi connectivity index (χ4n) is 3.85. The molecule has 0 aliphatic heterocycles. The number of allylic oxidation sites excluding steroid dienone is 1. The summed E-state index contributed by atoms with van der Waals surface area (Å²) < 4.78 is 0. The summed E-state index contributed by atoms with van der Waals surface area (Å²) in [5.74, 6) is 0. The fraction of sp³-hybridized carbons (Fsp3) is 0.280. The summed E-state index contributed by atoms with van der Waals surface area (Å²) in [5.41, 5.74) is 8.48. The lowest BCUT2D eigenvalue weighted by Crippen LogP contribution is -1.88. The van der Waals surface area contributed by atoms with E-state index in [-0.39, 0.29) is 0 Å². The quantitative estimate of drug-likeness (QED) is 0.430. The molecule has 26 heavy (non-hydrogen) atoms. The first-order chi connectivity index (χ1) is 12.8. The second kappa shape index (κ2) is 7.63. The van der Waals surface area contributed by atoms with Crippen LogP contribution in [-0.2, 0) is 19.3 Å². The van der Waals surface area contributed by atoms with E-state index >= 15 is 0 Å². The molecule has 0 amide bonds. The van der Waals surface area contributed by atoms with Crippen molar-refractivity contribution in [2.45, 2.75) is 46.0 Å². The van der Waals surface area contributed by atoms with E-state index in [9.17, 15) is 0 Å². The maximum atomic E-state index is 2.42. The molecule has 4 rings (SSSR count). The number of aryl methyl sites for hydroxylation is 2. The third kappa shape index (κ3) is 3.41. The number of benzene rings is 2. The Morgan fingerprint density at radius 1 is 0.846 bits per heavy atom. The molecule has 1 aliphatic rings. The van der Waals surface area contributed by atoms with Gasteiger partial charge in [-0.15, -0.1) is 11.3 Å². The van der Waals surface area contributed by atoms with Gasteiger partial charge in [0.15, 0.2) is 0 Å². The Balaban J connectivity index is 1.66. The van der Waals surface area contributed by atoms with Gasteiger partial charge in [0.2, 0.25) is 0 Å². The van der Waals surface area contributed by atoms with Crippen LogP contribution in [0.2, 0.25) is 0 Å². The van der Waals surface area contributed by atoms with Crippen molar-refractivity contribution in [3.63, 3.8) is 0 Å². The molecule has 0 N–H and O–H groups in total. The molecule has 0 nitrogen and oxygen atoms in total. The zero-order valence-corrected chi connectivity index (χ0v) is 16.5. The molecule has 1 heterocycles. The maximum Gasteiger partial charge on any atom is 0.0308 e. The van der Waals surface area contributed by atoms with Gasteiger partial charge in [-0.05, 0) is 70.9 Å². The van der Waals surface area contributed by atoms with E-state index in [1.807, 2.05) is 11.3 Å². The largest absolute Gasteiger partial charge is 0.141 e. The molecular formula is C25H26S. The third-order valence-corrected chi connectivity index (χ3v) is 6.39. The van der Waals surface area contributed by atoms with Crippen LogP contribution >= 0.6 is 11.3 Å². The summed E-state index contributed by atoms with van der Waals surface area (Å²) in [7, 11) is 0. The lowest BCUT2D eigenvalue weighted by molar-refractivity contribution is 0.922. The maximum absolute atomic E-state index is 2.42. The van der Waals surface area contributed by atoms with E-state index in [0.29, 0.717) is 0 Å². The number of rotatable bonds is 6. The van der Waals surface area contributed by atoms with Crippen molar-refractivity contribution in [3.8, 4) is 11.1 Å². The van der Waals surface area contributed by atoms with Gasteiger partial charge in [0.05, 0.1) is 0 Å². The Kier molecular flexibility index (Phi) is 5.08. The van der Waals surface area contributed by atoms with Crippen LogP contribution < -0.4 is 0 Å². The van der Waals surface area contributed by atoms with E-state index in [2.05, 4.69) is 74.5 Å². The van der Waals surface area contributed by atoms with Gasteiger partial charge in [-0.3, -0.25) is 0 Å². The van der Waals surface area contributed by atoms with Crippen molar-refractivity contribution < 1.29 is 0 Å². The number of hydrogen-bond donors (Lipinski definition) is 0. The fourth-order valence-corrected chi connectivity index (χ4v) is 4.97. The average molecular weight is 359 g/mol. The number of hydrogen-bond acceptors (Lipinski definition) is 1. The molecular weight excluding hydrogens is 332 g/mol. The van der Waals surface area contributed by atoms with Crippen LogP contribution in [-0.4, -0.2) is 0 Å². The first-order valence-electron chi connectivity index (χ1n) is 9.79. The van der Waals surface area contributed by atoms with Crippen molar-refractivity contribution >= 4 is 23.0 Å². The summed E-state index contributed by atoms with van der Waals surface area (Å²) >= 11 is 1.97. The van der Waals surface area contributed by atoms with Gasteiger partial charge in [-0.1, -0.05) is 69.2 Å². The molecule has 0 spiro atoms. The second-order valence-corrected chi connectivity index (χ2v) is 8.36. The van der Waals surface area contributed by atoms with Crippen molar-refractivity contribution in [1.29, 1.82) is 0 Å². The minimum atomic E-state index is 1.06.